The van der Waals surface area contributed by atoms with Gasteiger partial charge in [-0.3, -0.25) is 4.79 Å². The maximum atomic E-state index is 13.2. The van der Waals surface area contributed by atoms with E-state index in [-0.39, 0.29) is 22.7 Å². The molecule has 26 heavy (non-hydrogen) atoms. The molecule has 0 aliphatic carbocycles. The first-order valence-electron chi connectivity index (χ1n) is 7.99. The predicted molar refractivity (Wildman–Crippen MR) is 104 cm³/mol. The van der Waals surface area contributed by atoms with Crippen LogP contribution < -0.4 is 5.32 Å². The third-order valence-corrected chi connectivity index (χ3v) is 5.31. The van der Waals surface area contributed by atoms with Crippen LogP contribution in [0.5, 0.6) is 0 Å². The number of fused-ring (bicyclic) bond motifs is 3. The average Bonchev–Trinajstić information content (AvgIpc) is 3.13. The van der Waals surface area contributed by atoms with E-state index >= 15 is 0 Å². The number of amides is 1. The van der Waals surface area contributed by atoms with E-state index in [1.807, 2.05) is 29.4 Å². The van der Waals surface area contributed by atoms with Crippen LogP contribution in [-0.2, 0) is 4.79 Å². The molecule has 0 radical (unpaired) electrons. The van der Waals surface area contributed by atoms with Crippen LogP contribution in [0.15, 0.2) is 52.6 Å². The Morgan fingerprint density at radius 3 is 3.04 bits per heavy atom. The molecule has 0 spiro atoms. The molecule has 0 saturated heterocycles. The van der Waals surface area contributed by atoms with E-state index in [1.165, 1.54) is 30.0 Å². The Bertz CT molecular complexity index is 933. The third kappa shape index (κ3) is 3.32. The highest BCUT2D eigenvalue weighted by atomic mass is 35.5. The zero-order valence-corrected chi connectivity index (χ0v) is 15.1. The molecule has 1 atom stereocenters. The minimum atomic E-state index is -0.521. The zero-order chi connectivity index (χ0) is 18.1. The van der Waals surface area contributed by atoms with Crippen LogP contribution in [0.4, 0.5) is 15.8 Å². The van der Waals surface area contributed by atoms with Crippen molar-refractivity contribution in [2.75, 3.05) is 11.1 Å². The standard InChI is InChI=1S/C18H14ClFN4OS/c19-13-9-11(5-6-14(13)20)22-17(25)10-26-18-23-15-4-2-1-3-12(15)16-7-8-21-24(16)18/h1-6,8-9,16H,7,10H2,(H,22,25). The van der Waals surface area contributed by atoms with Gasteiger partial charge in [0, 0.05) is 23.9 Å². The Hall–Kier alpha value is -2.38. The lowest BCUT2D eigenvalue weighted by molar-refractivity contribution is -0.113. The number of nitrogens with one attached hydrogen (secondary N) is 1. The van der Waals surface area contributed by atoms with Gasteiger partial charge in [-0.25, -0.2) is 14.4 Å². The van der Waals surface area contributed by atoms with Crippen LogP contribution in [-0.4, -0.2) is 28.1 Å². The Balaban J connectivity index is 1.45. The molecule has 132 valence electrons. The summed E-state index contributed by atoms with van der Waals surface area (Å²) >= 11 is 7.05. The molecule has 8 heteroatoms. The summed E-state index contributed by atoms with van der Waals surface area (Å²) in [5, 5.41) is 9.61. The number of carbonyl (C=O) groups is 1. The van der Waals surface area contributed by atoms with Crippen molar-refractivity contribution in [2.45, 2.75) is 12.5 Å². The summed E-state index contributed by atoms with van der Waals surface area (Å²) in [7, 11) is 0. The van der Waals surface area contributed by atoms with Gasteiger partial charge >= 0.3 is 0 Å². The molecule has 0 aromatic heterocycles. The Morgan fingerprint density at radius 1 is 1.35 bits per heavy atom. The number of para-hydroxylation sites is 1. The highest BCUT2D eigenvalue weighted by molar-refractivity contribution is 8.14. The monoisotopic (exact) mass is 388 g/mol. The van der Waals surface area contributed by atoms with E-state index in [9.17, 15) is 9.18 Å². The van der Waals surface area contributed by atoms with E-state index in [4.69, 9.17) is 11.6 Å². The number of benzene rings is 2. The molecule has 5 nitrogen and oxygen atoms in total. The second-order valence-corrected chi connectivity index (χ2v) is 7.16. The van der Waals surface area contributed by atoms with Gasteiger partial charge in [-0.05, 0) is 24.3 Å². The van der Waals surface area contributed by atoms with Crippen LogP contribution >= 0.6 is 23.4 Å². The van der Waals surface area contributed by atoms with Gasteiger partial charge in [0.1, 0.15) is 5.82 Å². The van der Waals surface area contributed by atoms with Crippen molar-refractivity contribution in [1.29, 1.82) is 0 Å². The minimum absolute atomic E-state index is 0.0297. The summed E-state index contributed by atoms with van der Waals surface area (Å²) in [4.78, 5) is 16.8. The molecule has 4 rings (SSSR count). The second kappa shape index (κ2) is 7.09. The van der Waals surface area contributed by atoms with Gasteiger partial charge in [0.2, 0.25) is 5.91 Å². The molecule has 1 unspecified atom stereocenters. The fourth-order valence-corrected chi connectivity index (χ4v) is 3.86. The number of nitrogens with zero attached hydrogens (tertiary/aromatic N) is 3. The van der Waals surface area contributed by atoms with Crippen molar-refractivity contribution in [3.63, 3.8) is 0 Å². The first-order chi connectivity index (χ1) is 12.6. The number of halogens is 2. The van der Waals surface area contributed by atoms with Crippen LogP contribution in [0.25, 0.3) is 0 Å². The average molecular weight is 389 g/mol. The molecule has 2 aliphatic rings. The molecule has 2 aromatic rings. The van der Waals surface area contributed by atoms with Gasteiger partial charge in [0.25, 0.3) is 0 Å². The van der Waals surface area contributed by atoms with Gasteiger partial charge < -0.3 is 5.32 Å². The number of amidine groups is 1. The lowest BCUT2D eigenvalue weighted by atomic mass is 10.0. The first kappa shape index (κ1) is 17.1. The number of carbonyl (C=O) groups excluding carboxylic acids is 1. The fourth-order valence-electron chi connectivity index (χ4n) is 2.88. The molecular weight excluding hydrogens is 375 g/mol. The number of hydrogen-bond acceptors (Lipinski definition) is 5. The van der Waals surface area contributed by atoms with Crippen molar-refractivity contribution in [3.8, 4) is 0 Å². The van der Waals surface area contributed by atoms with Gasteiger partial charge in [0.15, 0.2) is 5.17 Å². The van der Waals surface area contributed by atoms with E-state index in [2.05, 4.69) is 21.5 Å². The second-order valence-electron chi connectivity index (χ2n) is 5.81. The maximum Gasteiger partial charge on any atom is 0.234 e. The van der Waals surface area contributed by atoms with Gasteiger partial charge in [0.05, 0.1) is 22.5 Å². The Morgan fingerprint density at radius 2 is 2.19 bits per heavy atom. The molecule has 2 heterocycles. The van der Waals surface area contributed by atoms with E-state index in [1.54, 1.807) is 0 Å². The maximum absolute atomic E-state index is 13.2. The van der Waals surface area contributed by atoms with Gasteiger partial charge in [-0.1, -0.05) is 41.6 Å². The number of hydrogen-bond donors (Lipinski definition) is 1. The lowest BCUT2D eigenvalue weighted by Crippen LogP contribution is -2.29. The number of anilines is 1. The highest BCUT2D eigenvalue weighted by Gasteiger charge is 2.32. The predicted octanol–water partition coefficient (Wildman–Crippen LogP) is 4.58. The van der Waals surface area contributed by atoms with Crippen LogP contribution in [0.3, 0.4) is 0 Å². The van der Waals surface area contributed by atoms with E-state index in [0.29, 0.717) is 10.9 Å². The van der Waals surface area contributed by atoms with Gasteiger partial charge in [-0.2, -0.15) is 5.10 Å². The molecule has 1 N–H and O–H groups in total. The fraction of sp³-hybridized carbons (Fsp3) is 0.167. The normalized spacial score (nSPS) is 17.5. The molecule has 1 amide bonds. The number of hydrazone groups is 1. The minimum Gasteiger partial charge on any atom is -0.325 e. The molecule has 0 saturated carbocycles. The summed E-state index contributed by atoms with van der Waals surface area (Å²) in [5.41, 5.74) is 2.50. The van der Waals surface area contributed by atoms with Crippen LogP contribution in [0, 0.1) is 5.82 Å². The van der Waals surface area contributed by atoms with E-state index in [0.717, 1.165) is 17.7 Å². The summed E-state index contributed by atoms with van der Waals surface area (Å²) in [6, 6.07) is 12.2. The van der Waals surface area contributed by atoms with Crippen molar-refractivity contribution < 1.29 is 9.18 Å². The molecule has 0 fully saturated rings. The molecule has 2 aromatic carbocycles. The van der Waals surface area contributed by atoms with Crippen molar-refractivity contribution >= 4 is 52.0 Å². The lowest BCUT2D eigenvalue weighted by Gasteiger charge is -2.29. The molecular formula is C18H14ClFN4OS. The third-order valence-electron chi connectivity index (χ3n) is 4.07. The largest absolute Gasteiger partial charge is 0.325 e. The molecule has 0 bridgehead atoms. The highest BCUT2D eigenvalue weighted by Crippen LogP contribution is 2.40. The van der Waals surface area contributed by atoms with E-state index < -0.39 is 5.82 Å². The Kier molecular flexibility index (Phi) is 4.65. The number of rotatable bonds is 3. The van der Waals surface area contributed by atoms with Crippen LogP contribution in [0.2, 0.25) is 5.02 Å². The smallest absolute Gasteiger partial charge is 0.234 e. The topological polar surface area (TPSA) is 57.1 Å². The number of thioether (sulfide) groups is 1. The summed E-state index contributed by atoms with van der Waals surface area (Å²) < 4.78 is 13.2. The summed E-state index contributed by atoms with van der Waals surface area (Å²) in [6.07, 6.45) is 2.68. The quantitative estimate of drug-likeness (QED) is 0.836. The van der Waals surface area contributed by atoms with Crippen molar-refractivity contribution in [3.05, 3.63) is 58.9 Å². The van der Waals surface area contributed by atoms with Crippen molar-refractivity contribution in [1.82, 2.24) is 5.01 Å². The molecule has 2 aliphatic heterocycles. The summed E-state index contributed by atoms with van der Waals surface area (Å²) in [5.74, 6) is -0.583. The first-order valence-corrected chi connectivity index (χ1v) is 9.35. The Labute approximate surface area is 158 Å². The number of aliphatic imine (C=N–C) groups is 1. The summed E-state index contributed by atoms with van der Waals surface area (Å²) in [6.45, 7) is 0. The zero-order valence-electron chi connectivity index (χ0n) is 13.5. The SMILES string of the molecule is O=C(CSC1=Nc2ccccc2C2CC=NN12)Nc1ccc(F)c(Cl)c1. The van der Waals surface area contributed by atoms with Crippen molar-refractivity contribution in [2.24, 2.45) is 10.1 Å². The van der Waals surface area contributed by atoms with Gasteiger partial charge in [-0.15, -0.1) is 0 Å². The van der Waals surface area contributed by atoms with Crippen LogP contribution in [0.1, 0.15) is 18.0 Å².